The Morgan fingerprint density at radius 1 is 0.707 bits per heavy atom. The largest absolute Gasteiger partial charge is 0.325 e. The topological polar surface area (TPSA) is 95.6 Å². The van der Waals surface area contributed by atoms with Gasteiger partial charge in [-0.1, -0.05) is 42.5 Å². The van der Waals surface area contributed by atoms with E-state index in [2.05, 4.69) is 10.6 Å². The molecule has 0 saturated heterocycles. The number of rotatable bonds is 10. The summed E-state index contributed by atoms with van der Waals surface area (Å²) >= 11 is 1.27. The number of thioether (sulfide) groups is 1. The molecule has 0 heterocycles. The molecule has 0 aliphatic rings. The normalized spacial score (nSPS) is 12.0. The second-order valence-corrected chi connectivity index (χ2v) is 11.6. The molecule has 2 unspecified atom stereocenters. The van der Waals surface area contributed by atoms with E-state index in [0.717, 1.165) is 38.5 Å². The van der Waals surface area contributed by atoms with Crippen LogP contribution in [0, 0.1) is 33.6 Å². The first-order valence-corrected chi connectivity index (χ1v) is 14.3. The number of aryl methyl sites for hydroxylation is 4. The van der Waals surface area contributed by atoms with Crippen LogP contribution in [0.25, 0.3) is 0 Å². The molecule has 2 atom stereocenters. The molecule has 0 spiro atoms. The number of nitrogens with zero attached hydrogens (tertiary/aromatic N) is 1. The van der Waals surface area contributed by atoms with Crippen LogP contribution in [0.3, 0.4) is 0 Å². The van der Waals surface area contributed by atoms with Gasteiger partial charge >= 0.3 is 0 Å². The van der Waals surface area contributed by atoms with Crippen LogP contribution in [-0.2, 0) is 19.2 Å². The zero-order valence-corrected chi connectivity index (χ0v) is 26.0. The Kier molecular flexibility index (Phi) is 13.0. The number of Topliss-reactive ketones (excluding diaryl/α,β-unsaturated/α-hetero) is 2. The lowest BCUT2D eigenvalue weighted by Gasteiger charge is -2.19. The molecule has 7 nitrogen and oxygen atoms in total. The maximum Gasteiger partial charge on any atom is 0.245 e. The number of anilines is 2. The third kappa shape index (κ3) is 11.0. The van der Waals surface area contributed by atoms with Gasteiger partial charge in [0.25, 0.3) is 0 Å². The molecule has 218 valence electrons. The van der Waals surface area contributed by atoms with Crippen molar-refractivity contribution in [1.29, 1.82) is 0 Å². The minimum absolute atomic E-state index is 0.114. The molecule has 0 fully saturated rings. The van der Waals surface area contributed by atoms with E-state index >= 15 is 0 Å². The van der Waals surface area contributed by atoms with Crippen molar-refractivity contribution < 1.29 is 19.2 Å². The minimum Gasteiger partial charge on any atom is -0.325 e. The third-order valence-electron chi connectivity index (χ3n) is 6.26. The molecule has 3 aromatic rings. The first kappa shape index (κ1) is 33.5. The molecular formula is C33H41N3O4S. The van der Waals surface area contributed by atoms with Gasteiger partial charge in [0.05, 0.1) is 0 Å². The first-order valence-electron chi connectivity index (χ1n) is 13.4. The quantitative estimate of drug-likeness (QED) is 0.227. The van der Waals surface area contributed by atoms with Crippen LogP contribution < -0.4 is 10.6 Å². The third-order valence-corrected chi connectivity index (χ3v) is 7.59. The van der Waals surface area contributed by atoms with Gasteiger partial charge in [0.2, 0.25) is 11.8 Å². The van der Waals surface area contributed by atoms with Crippen LogP contribution in [0.15, 0.2) is 71.6 Å². The van der Waals surface area contributed by atoms with Crippen molar-refractivity contribution in [3.05, 3.63) is 89.0 Å². The summed E-state index contributed by atoms with van der Waals surface area (Å²) in [6.45, 7) is 11.1. The Hall–Kier alpha value is -3.75. The number of amides is 2. The van der Waals surface area contributed by atoms with Gasteiger partial charge in [0.15, 0.2) is 5.78 Å². The van der Waals surface area contributed by atoms with Gasteiger partial charge < -0.3 is 15.5 Å². The highest BCUT2D eigenvalue weighted by Crippen LogP contribution is 2.26. The second kappa shape index (κ2) is 15.9. The van der Waals surface area contributed by atoms with Crippen LogP contribution in [0.4, 0.5) is 11.4 Å². The summed E-state index contributed by atoms with van der Waals surface area (Å²) in [5.74, 6) is -1.42. The lowest BCUT2D eigenvalue weighted by molar-refractivity contribution is -0.130. The van der Waals surface area contributed by atoms with Gasteiger partial charge in [-0.15, -0.1) is 11.8 Å². The van der Waals surface area contributed by atoms with Crippen molar-refractivity contribution >= 4 is 46.5 Å². The van der Waals surface area contributed by atoms with E-state index in [1.54, 1.807) is 0 Å². The lowest BCUT2D eigenvalue weighted by Crippen LogP contribution is -2.36. The fourth-order valence-electron chi connectivity index (χ4n) is 3.88. The standard InChI is InChI=1S/C18H19NO2S.C15H22N2O2/c1-12-9-10-13(2)16(11-12)19-18(21)17(14(3)20)22-15-7-5-4-6-8-15;1-10-6-7-11(2)14(8-10)16-15(19)13(12(3)18)9-17(4)5/h4-11,17H,1-3H3,(H,19,21);6-8,13H,9H2,1-5H3,(H,16,19). The fraction of sp³-hybridized carbons (Fsp3) is 0.333. The monoisotopic (exact) mass is 575 g/mol. The summed E-state index contributed by atoms with van der Waals surface area (Å²) in [5.41, 5.74) is 5.64. The van der Waals surface area contributed by atoms with Gasteiger partial charge in [-0.3, -0.25) is 19.2 Å². The molecule has 0 aromatic heterocycles. The molecule has 0 bridgehead atoms. The van der Waals surface area contributed by atoms with Crippen LogP contribution in [0.1, 0.15) is 36.1 Å². The van der Waals surface area contributed by atoms with E-state index in [9.17, 15) is 19.2 Å². The predicted octanol–water partition coefficient (Wildman–Crippen LogP) is 6.00. The summed E-state index contributed by atoms with van der Waals surface area (Å²) in [7, 11) is 3.70. The van der Waals surface area contributed by atoms with Gasteiger partial charge in [-0.2, -0.15) is 0 Å². The van der Waals surface area contributed by atoms with E-state index in [0.29, 0.717) is 6.54 Å². The Labute approximate surface area is 248 Å². The highest BCUT2D eigenvalue weighted by molar-refractivity contribution is 8.01. The Balaban J connectivity index is 0.000000290. The van der Waals surface area contributed by atoms with E-state index in [1.807, 2.05) is 113 Å². The number of benzene rings is 3. The molecule has 0 radical (unpaired) electrons. The molecule has 41 heavy (non-hydrogen) atoms. The minimum atomic E-state index is -0.748. The van der Waals surface area contributed by atoms with E-state index in [4.69, 9.17) is 0 Å². The lowest BCUT2D eigenvalue weighted by atomic mass is 10.0. The number of hydrogen-bond acceptors (Lipinski definition) is 6. The van der Waals surface area contributed by atoms with Gasteiger partial charge in [0, 0.05) is 22.8 Å². The Morgan fingerprint density at radius 2 is 1.20 bits per heavy atom. The van der Waals surface area contributed by atoms with Crippen molar-refractivity contribution in [2.45, 2.75) is 51.7 Å². The summed E-state index contributed by atoms with van der Waals surface area (Å²) < 4.78 is 0. The summed E-state index contributed by atoms with van der Waals surface area (Å²) in [6, 6.07) is 21.2. The van der Waals surface area contributed by atoms with E-state index in [1.165, 1.54) is 25.6 Å². The van der Waals surface area contributed by atoms with Gasteiger partial charge in [-0.05, 0) is 102 Å². The van der Waals surface area contributed by atoms with Gasteiger partial charge in [0.1, 0.15) is 17.0 Å². The van der Waals surface area contributed by atoms with Gasteiger partial charge in [-0.25, -0.2) is 0 Å². The zero-order valence-electron chi connectivity index (χ0n) is 25.2. The first-order chi connectivity index (χ1) is 19.3. The molecule has 0 aliphatic heterocycles. The van der Waals surface area contributed by atoms with Crippen molar-refractivity contribution in [1.82, 2.24) is 4.90 Å². The number of carbonyl (C=O) groups excluding carboxylic acids is 4. The highest BCUT2D eigenvalue weighted by Gasteiger charge is 2.25. The Bertz CT molecular complexity index is 1370. The molecular weight excluding hydrogens is 534 g/mol. The van der Waals surface area contributed by atoms with Crippen LogP contribution in [0.5, 0.6) is 0 Å². The summed E-state index contributed by atoms with van der Waals surface area (Å²) in [6.07, 6.45) is 0. The number of ketones is 2. The molecule has 0 aliphatic carbocycles. The number of hydrogen-bond donors (Lipinski definition) is 2. The van der Waals surface area contributed by atoms with Crippen molar-refractivity contribution in [3.63, 3.8) is 0 Å². The number of carbonyl (C=O) groups is 4. The van der Waals surface area contributed by atoms with Crippen LogP contribution >= 0.6 is 11.8 Å². The molecule has 3 rings (SSSR count). The average molecular weight is 576 g/mol. The smallest absolute Gasteiger partial charge is 0.245 e. The SMILES string of the molecule is CC(=O)C(CN(C)C)C(=O)Nc1cc(C)ccc1C.CC(=O)C(Sc1ccccc1)C(=O)Nc1cc(C)ccc1C. The van der Waals surface area contributed by atoms with Crippen LogP contribution in [0.2, 0.25) is 0 Å². The zero-order chi connectivity index (χ0) is 30.7. The molecule has 2 N–H and O–H groups in total. The molecule has 8 heteroatoms. The fourth-order valence-corrected chi connectivity index (χ4v) is 4.79. The van der Waals surface area contributed by atoms with E-state index in [-0.39, 0.29) is 23.4 Å². The van der Waals surface area contributed by atoms with Crippen LogP contribution in [-0.4, -0.2) is 54.2 Å². The van der Waals surface area contributed by atoms with Crippen molar-refractivity contribution in [3.8, 4) is 0 Å². The predicted molar refractivity (Wildman–Crippen MR) is 169 cm³/mol. The maximum absolute atomic E-state index is 12.5. The van der Waals surface area contributed by atoms with Crippen molar-refractivity contribution in [2.75, 3.05) is 31.3 Å². The number of nitrogens with one attached hydrogen (secondary N) is 2. The maximum atomic E-state index is 12.5. The summed E-state index contributed by atoms with van der Waals surface area (Å²) in [4.78, 5) is 50.8. The molecule has 0 saturated carbocycles. The average Bonchev–Trinajstić information content (AvgIpc) is 2.90. The van der Waals surface area contributed by atoms with E-state index < -0.39 is 11.2 Å². The Morgan fingerprint density at radius 3 is 1.63 bits per heavy atom. The highest BCUT2D eigenvalue weighted by atomic mass is 32.2. The molecule has 2 amide bonds. The second-order valence-electron chi connectivity index (χ2n) is 10.5. The summed E-state index contributed by atoms with van der Waals surface area (Å²) in [5, 5.41) is 4.98. The van der Waals surface area contributed by atoms with Crippen molar-refractivity contribution in [2.24, 2.45) is 5.92 Å². The molecule has 3 aromatic carbocycles.